The number of anilines is 1. The molecule has 2 rings (SSSR count). The number of nitrogens with one attached hydrogen (secondary N) is 1. The van der Waals surface area contributed by atoms with Crippen LogP contribution in [0.5, 0.6) is 5.75 Å². The van der Waals surface area contributed by atoms with Crippen molar-refractivity contribution in [2.24, 2.45) is 0 Å². The van der Waals surface area contributed by atoms with Gasteiger partial charge in [-0.1, -0.05) is 27.7 Å². The first-order chi connectivity index (χ1) is 8.20. The van der Waals surface area contributed by atoms with Crippen LogP contribution in [-0.4, -0.2) is 16.6 Å². The van der Waals surface area contributed by atoms with Gasteiger partial charge in [-0.2, -0.15) is 0 Å². The van der Waals surface area contributed by atoms with Crippen molar-refractivity contribution < 1.29 is 4.74 Å². The standard InChI is InChI=1S/C10H9Cl2N3OS/c1-13-10-9(14-15-17-10)5-16-6-2-3-7(11)8(12)4-6/h2-4,13H,5H2,1H3. The summed E-state index contributed by atoms with van der Waals surface area (Å²) in [5.41, 5.74) is 0.767. The van der Waals surface area contributed by atoms with E-state index < -0.39 is 0 Å². The normalized spacial score (nSPS) is 10.3. The highest BCUT2D eigenvalue weighted by molar-refractivity contribution is 7.10. The van der Waals surface area contributed by atoms with E-state index in [0.717, 1.165) is 10.7 Å². The Hall–Kier alpha value is -1.04. The molecule has 0 bridgehead atoms. The third-order valence-corrected chi connectivity index (χ3v) is 3.57. The Labute approximate surface area is 113 Å². The molecule has 1 N–H and O–H groups in total. The van der Waals surface area contributed by atoms with Gasteiger partial charge in [0, 0.05) is 24.6 Å². The molecule has 0 aliphatic heterocycles. The van der Waals surface area contributed by atoms with Gasteiger partial charge in [0.05, 0.1) is 10.0 Å². The predicted octanol–water partition coefficient (Wildman–Crippen LogP) is 3.47. The molecule has 1 aromatic carbocycles. The first-order valence-corrected chi connectivity index (χ1v) is 6.30. The Morgan fingerprint density at radius 2 is 2.18 bits per heavy atom. The third-order valence-electron chi connectivity index (χ3n) is 2.05. The first kappa shape index (κ1) is 12.4. The third kappa shape index (κ3) is 3.00. The highest BCUT2D eigenvalue weighted by Gasteiger charge is 2.07. The quantitative estimate of drug-likeness (QED) is 0.936. The summed E-state index contributed by atoms with van der Waals surface area (Å²) < 4.78 is 9.39. The van der Waals surface area contributed by atoms with Crippen LogP contribution in [-0.2, 0) is 6.61 Å². The van der Waals surface area contributed by atoms with E-state index in [4.69, 9.17) is 27.9 Å². The van der Waals surface area contributed by atoms with Gasteiger partial charge in [-0.3, -0.25) is 0 Å². The molecule has 17 heavy (non-hydrogen) atoms. The van der Waals surface area contributed by atoms with Crippen LogP contribution in [0.25, 0.3) is 0 Å². The minimum absolute atomic E-state index is 0.338. The molecule has 2 aromatic rings. The van der Waals surface area contributed by atoms with Crippen molar-refractivity contribution in [1.29, 1.82) is 0 Å². The summed E-state index contributed by atoms with van der Waals surface area (Å²) in [6.45, 7) is 0.338. The smallest absolute Gasteiger partial charge is 0.136 e. The lowest BCUT2D eigenvalue weighted by Gasteiger charge is -2.06. The monoisotopic (exact) mass is 289 g/mol. The molecule has 1 heterocycles. The van der Waals surface area contributed by atoms with Gasteiger partial charge in [-0.05, 0) is 12.1 Å². The molecule has 0 aliphatic rings. The van der Waals surface area contributed by atoms with Gasteiger partial charge in [0.1, 0.15) is 23.1 Å². The minimum Gasteiger partial charge on any atom is -0.487 e. The van der Waals surface area contributed by atoms with Gasteiger partial charge in [0.15, 0.2) is 0 Å². The van der Waals surface area contributed by atoms with Gasteiger partial charge in [0.2, 0.25) is 0 Å². The Balaban J connectivity index is 2.05. The van der Waals surface area contributed by atoms with E-state index >= 15 is 0 Å². The van der Waals surface area contributed by atoms with Crippen LogP contribution < -0.4 is 10.1 Å². The van der Waals surface area contributed by atoms with Crippen LogP contribution in [0.2, 0.25) is 10.0 Å². The van der Waals surface area contributed by atoms with E-state index in [1.54, 1.807) is 18.2 Å². The second-order valence-electron chi connectivity index (χ2n) is 3.16. The number of benzene rings is 1. The van der Waals surface area contributed by atoms with Crippen LogP contribution in [0.3, 0.4) is 0 Å². The average Bonchev–Trinajstić information content (AvgIpc) is 2.78. The van der Waals surface area contributed by atoms with Crippen LogP contribution in [0, 0.1) is 0 Å². The molecule has 1 aromatic heterocycles. The maximum Gasteiger partial charge on any atom is 0.136 e. The highest BCUT2D eigenvalue weighted by atomic mass is 35.5. The molecule has 0 amide bonds. The van der Waals surface area contributed by atoms with Gasteiger partial charge >= 0.3 is 0 Å². The summed E-state index contributed by atoms with van der Waals surface area (Å²) in [5, 5.41) is 8.83. The lowest BCUT2D eigenvalue weighted by molar-refractivity contribution is 0.302. The van der Waals surface area contributed by atoms with Crippen molar-refractivity contribution in [3.05, 3.63) is 33.9 Å². The summed E-state index contributed by atoms with van der Waals surface area (Å²) in [6.07, 6.45) is 0. The van der Waals surface area contributed by atoms with Crippen LogP contribution in [0.15, 0.2) is 18.2 Å². The van der Waals surface area contributed by atoms with Crippen LogP contribution in [0.4, 0.5) is 5.00 Å². The van der Waals surface area contributed by atoms with Crippen molar-refractivity contribution in [3.63, 3.8) is 0 Å². The Kier molecular flexibility index (Phi) is 4.04. The molecule has 7 heteroatoms. The topological polar surface area (TPSA) is 47.0 Å². The summed E-state index contributed by atoms with van der Waals surface area (Å²) in [4.78, 5) is 0. The van der Waals surface area contributed by atoms with E-state index in [0.29, 0.717) is 22.4 Å². The fraction of sp³-hybridized carbons (Fsp3) is 0.200. The summed E-state index contributed by atoms with van der Waals surface area (Å²) in [5.74, 6) is 0.648. The fourth-order valence-electron chi connectivity index (χ4n) is 1.21. The van der Waals surface area contributed by atoms with E-state index in [1.807, 2.05) is 7.05 Å². The number of nitrogens with zero attached hydrogens (tertiary/aromatic N) is 2. The summed E-state index contributed by atoms with van der Waals surface area (Å²) >= 11 is 13.0. The minimum atomic E-state index is 0.338. The zero-order valence-corrected chi connectivity index (χ0v) is 11.2. The van der Waals surface area contributed by atoms with Gasteiger partial charge in [-0.15, -0.1) is 5.10 Å². The lowest BCUT2D eigenvalue weighted by atomic mass is 10.3. The number of hydrogen-bond donors (Lipinski definition) is 1. The Morgan fingerprint density at radius 3 is 2.88 bits per heavy atom. The number of rotatable bonds is 4. The number of hydrogen-bond acceptors (Lipinski definition) is 5. The molecule has 0 aliphatic carbocycles. The molecule has 0 radical (unpaired) electrons. The van der Waals surface area contributed by atoms with Gasteiger partial charge in [0.25, 0.3) is 0 Å². The molecule has 0 atom stereocenters. The number of ether oxygens (including phenoxy) is 1. The molecular formula is C10H9Cl2N3OS. The van der Waals surface area contributed by atoms with Crippen LogP contribution >= 0.6 is 34.7 Å². The van der Waals surface area contributed by atoms with Crippen molar-refractivity contribution >= 4 is 39.7 Å². The fourth-order valence-corrected chi connectivity index (χ4v) is 2.02. The lowest BCUT2D eigenvalue weighted by Crippen LogP contribution is -1.99. The van der Waals surface area contributed by atoms with E-state index in [9.17, 15) is 0 Å². The Bertz CT molecular complexity index is 518. The number of halogens is 2. The molecule has 4 nitrogen and oxygen atoms in total. The SMILES string of the molecule is CNc1snnc1COc1ccc(Cl)c(Cl)c1. The molecule has 0 saturated heterocycles. The molecule has 0 unspecified atom stereocenters. The van der Waals surface area contributed by atoms with Crippen molar-refractivity contribution in [1.82, 2.24) is 9.59 Å². The number of aromatic nitrogens is 2. The molecule has 0 spiro atoms. The molecule has 0 saturated carbocycles. The maximum atomic E-state index is 5.88. The van der Waals surface area contributed by atoms with E-state index in [1.165, 1.54) is 11.5 Å². The predicted molar refractivity (Wildman–Crippen MR) is 70.2 cm³/mol. The molecule has 0 fully saturated rings. The molecule has 90 valence electrons. The van der Waals surface area contributed by atoms with Crippen molar-refractivity contribution in [3.8, 4) is 5.75 Å². The van der Waals surface area contributed by atoms with Gasteiger partial charge in [-0.25, -0.2) is 0 Å². The summed E-state index contributed by atoms with van der Waals surface area (Å²) in [6, 6.07) is 5.12. The summed E-state index contributed by atoms with van der Waals surface area (Å²) in [7, 11) is 1.82. The largest absolute Gasteiger partial charge is 0.487 e. The average molecular weight is 290 g/mol. The zero-order valence-electron chi connectivity index (χ0n) is 8.91. The van der Waals surface area contributed by atoms with Crippen LogP contribution in [0.1, 0.15) is 5.69 Å². The Morgan fingerprint density at radius 1 is 1.35 bits per heavy atom. The van der Waals surface area contributed by atoms with Gasteiger partial charge < -0.3 is 10.1 Å². The maximum absolute atomic E-state index is 5.88. The zero-order chi connectivity index (χ0) is 12.3. The second-order valence-corrected chi connectivity index (χ2v) is 4.73. The van der Waals surface area contributed by atoms with Crippen molar-refractivity contribution in [2.75, 3.05) is 12.4 Å². The van der Waals surface area contributed by atoms with Crippen molar-refractivity contribution in [2.45, 2.75) is 6.61 Å². The molecular weight excluding hydrogens is 281 g/mol. The van der Waals surface area contributed by atoms with E-state index in [-0.39, 0.29) is 0 Å². The highest BCUT2D eigenvalue weighted by Crippen LogP contribution is 2.27. The second kappa shape index (κ2) is 5.53. The first-order valence-electron chi connectivity index (χ1n) is 4.77. The van der Waals surface area contributed by atoms with E-state index in [2.05, 4.69) is 14.9 Å².